The second-order valence-corrected chi connectivity index (χ2v) is 4.25. The molecule has 0 saturated heterocycles. The topological polar surface area (TPSA) is 0 Å². The smallest absolute Gasteiger partial charge is 0.0257 e. The van der Waals surface area contributed by atoms with E-state index in [4.69, 9.17) is 0 Å². The molecule has 13 heavy (non-hydrogen) atoms. The Hall–Kier alpha value is -0.520. The quantitative estimate of drug-likeness (QED) is 0.374. The summed E-state index contributed by atoms with van der Waals surface area (Å²) in [6.45, 7) is 12.2. The molecule has 0 radical (unpaired) electrons. The largest absolute Gasteiger partial charge is 0.103 e. The fourth-order valence-corrected chi connectivity index (χ4v) is 1.79. The maximum atomic E-state index is 3.82. The predicted molar refractivity (Wildman–Crippen MR) is 61.9 cm³/mol. The van der Waals surface area contributed by atoms with Crippen LogP contribution in [0.15, 0.2) is 25.3 Å². The van der Waals surface area contributed by atoms with E-state index in [1.54, 1.807) is 0 Å². The van der Waals surface area contributed by atoms with E-state index in [-0.39, 0.29) is 0 Å². The monoisotopic (exact) mass is 180 g/mol. The van der Waals surface area contributed by atoms with Gasteiger partial charge in [-0.1, -0.05) is 45.3 Å². The van der Waals surface area contributed by atoms with Crippen molar-refractivity contribution in [3.05, 3.63) is 25.3 Å². The zero-order valence-electron chi connectivity index (χ0n) is 9.31. The lowest BCUT2D eigenvalue weighted by atomic mass is 9.79. The van der Waals surface area contributed by atoms with Crippen molar-refractivity contribution in [2.24, 2.45) is 5.41 Å². The highest BCUT2D eigenvalue weighted by Crippen LogP contribution is 2.33. The van der Waals surface area contributed by atoms with Gasteiger partial charge in [-0.25, -0.2) is 0 Å². The fraction of sp³-hybridized carbons (Fsp3) is 0.692. The van der Waals surface area contributed by atoms with E-state index in [0.717, 1.165) is 12.8 Å². The summed E-state index contributed by atoms with van der Waals surface area (Å²) in [6, 6.07) is 0. The average Bonchev–Trinajstić information content (AvgIpc) is 2.05. The minimum absolute atomic E-state index is 0.415. The number of hydrogen-bond acceptors (Lipinski definition) is 0. The van der Waals surface area contributed by atoms with Crippen LogP contribution in [0.4, 0.5) is 0 Å². The van der Waals surface area contributed by atoms with Crippen molar-refractivity contribution in [2.45, 2.75) is 52.4 Å². The molecule has 0 unspecified atom stereocenters. The van der Waals surface area contributed by atoms with Crippen molar-refractivity contribution in [3.63, 3.8) is 0 Å². The average molecular weight is 180 g/mol. The van der Waals surface area contributed by atoms with Gasteiger partial charge < -0.3 is 0 Å². The van der Waals surface area contributed by atoms with Gasteiger partial charge in [0.25, 0.3) is 0 Å². The zero-order chi connectivity index (χ0) is 10.2. The van der Waals surface area contributed by atoms with Gasteiger partial charge in [0.2, 0.25) is 0 Å². The Morgan fingerprint density at radius 3 is 2.00 bits per heavy atom. The number of allylic oxidation sites excluding steroid dienone is 2. The van der Waals surface area contributed by atoms with Crippen molar-refractivity contribution in [1.29, 1.82) is 0 Å². The normalized spacial score (nSPS) is 11.2. The van der Waals surface area contributed by atoms with Gasteiger partial charge in [-0.2, -0.15) is 0 Å². The Labute approximate surface area is 83.7 Å². The summed E-state index contributed by atoms with van der Waals surface area (Å²) < 4.78 is 0. The summed E-state index contributed by atoms with van der Waals surface area (Å²) in [5, 5.41) is 0. The maximum Gasteiger partial charge on any atom is -0.0257 e. The predicted octanol–water partition coefficient (Wildman–Crippen LogP) is 4.73. The van der Waals surface area contributed by atoms with Gasteiger partial charge in [0.05, 0.1) is 0 Å². The van der Waals surface area contributed by atoms with E-state index in [2.05, 4.69) is 27.0 Å². The van der Waals surface area contributed by atoms with Gasteiger partial charge in [-0.05, 0) is 24.7 Å². The minimum Gasteiger partial charge on any atom is -0.103 e. The Kier molecular flexibility index (Phi) is 6.66. The van der Waals surface area contributed by atoms with Crippen molar-refractivity contribution < 1.29 is 0 Å². The third kappa shape index (κ3) is 5.68. The molecule has 0 aromatic carbocycles. The molecule has 0 N–H and O–H groups in total. The first-order valence-electron chi connectivity index (χ1n) is 5.40. The first-order chi connectivity index (χ1) is 6.18. The van der Waals surface area contributed by atoms with Crippen LogP contribution < -0.4 is 0 Å². The van der Waals surface area contributed by atoms with E-state index in [1.807, 2.05) is 12.2 Å². The molecule has 0 amide bonds. The molecular weight excluding hydrogens is 156 g/mol. The van der Waals surface area contributed by atoms with Crippen molar-refractivity contribution in [1.82, 2.24) is 0 Å². The minimum atomic E-state index is 0.415. The third-order valence-corrected chi connectivity index (χ3v) is 2.66. The zero-order valence-corrected chi connectivity index (χ0v) is 9.31. The van der Waals surface area contributed by atoms with Gasteiger partial charge in [0.1, 0.15) is 0 Å². The lowest BCUT2D eigenvalue weighted by Gasteiger charge is -2.27. The van der Waals surface area contributed by atoms with Gasteiger partial charge in [-0.15, -0.1) is 13.2 Å². The molecule has 0 heteroatoms. The summed E-state index contributed by atoms with van der Waals surface area (Å²) >= 11 is 0. The molecule has 0 spiro atoms. The summed E-state index contributed by atoms with van der Waals surface area (Å²) in [7, 11) is 0. The van der Waals surface area contributed by atoms with Crippen LogP contribution >= 0.6 is 0 Å². The molecule has 0 heterocycles. The van der Waals surface area contributed by atoms with E-state index >= 15 is 0 Å². The Morgan fingerprint density at radius 1 is 1.08 bits per heavy atom. The Balaban J connectivity index is 3.90. The first-order valence-corrected chi connectivity index (χ1v) is 5.40. The number of hydrogen-bond donors (Lipinski definition) is 0. The summed E-state index contributed by atoms with van der Waals surface area (Å²) in [5.74, 6) is 0. The lowest BCUT2D eigenvalue weighted by molar-refractivity contribution is 0.292. The van der Waals surface area contributed by atoms with Crippen LogP contribution in [0.2, 0.25) is 0 Å². The van der Waals surface area contributed by atoms with Crippen LogP contribution in [0.25, 0.3) is 0 Å². The van der Waals surface area contributed by atoms with E-state index in [0.29, 0.717) is 5.41 Å². The van der Waals surface area contributed by atoms with Crippen LogP contribution in [0, 0.1) is 5.41 Å². The number of unbranched alkanes of at least 4 members (excludes halogenated alkanes) is 2. The molecule has 0 fully saturated rings. The molecule has 0 atom stereocenters. The highest BCUT2D eigenvalue weighted by atomic mass is 14.2. The van der Waals surface area contributed by atoms with Crippen LogP contribution in [0.1, 0.15) is 52.4 Å². The highest BCUT2D eigenvalue weighted by molar-refractivity contribution is 4.88. The molecule has 0 aliphatic heterocycles. The molecular formula is C13H24. The first kappa shape index (κ1) is 12.5. The maximum absolute atomic E-state index is 3.82. The van der Waals surface area contributed by atoms with Crippen LogP contribution in [0.3, 0.4) is 0 Å². The van der Waals surface area contributed by atoms with Gasteiger partial charge >= 0.3 is 0 Å². The highest BCUT2D eigenvalue weighted by Gasteiger charge is 2.19. The molecule has 0 nitrogen and oxygen atoms in total. The third-order valence-electron chi connectivity index (χ3n) is 2.66. The Morgan fingerprint density at radius 2 is 1.62 bits per heavy atom. The molecule has 0 rings (SSSR count). The van der Waals surface area contributed by atoms with Crippen LogP contribution in [-0.2, 0) is 0 Å². The van der Waals surface area contributed by atoms with E-state index < -0.39 is 0 Å². The van der Waals surface area contributed by atoms with Crippen LogP contribution in [-0.4, -0.2) is 0 Å². The van der Waals surface area contributed by atoms with Crippen molar-refractivity contribution in [3.8, 4) is 0 Å². The fourth-order valence-electron chi connectivity index (χ4n) is 1.79. The molecule has 0 aliphatic rings. The van der Waals surface area contributed by atoms with Crippen molar-refractivity contribution in [2.75, 3.05) is 0 Å². The van der Waals surface area contributed by atoms with Crippen molar-refractivity contribution >= 4 is 0 Å². The van der Waals surface area contributed by atoms with Crippen LogP contribution in [0.5, 0.6) is 0 Å². The second-order valence-electron chi connectivity index (χ2n) is 4.25. The standard InChI is InChI=1S/C13H24/c1-5-8-9-12-13(4,10-6-2)11-7-3/h6-7H,2-3,5,8-12H2,1,4H3. The summed E-state index contributed by atoms with van der Waals surface area (Å²) in [5.41, 5.74) is 0.415. The molecule has 76 valence electrons. The second kappa shape index (κ2) is 6.94. The molecule has 0 aromatic rings. The van der Waals surface area contributed by atoms with E-state index in [1.165, 1.54) is 25.7 Å². The van der Waals surface area contributed by atoms with Gasteiger partial charge in [-0.3, -0.25) is 0 Å². The van der Waals surface area contributed by atoms with Gasteiger partial charge in [0.15, 0.2) is 0 Å². The summed E-state index contributed by atoms with van der Waals surface area (Å²) in [6.07, 6.45) is 11.6. The van der Waals surface area contributed by atoms with E-state index in [9.17, 15) is 0 Å². The molecule has 0 saturated carbocycles. The lowest BCUT2D eigenvalue weighted by Crippen LogP contribution is -2.14. The SMILES string of the molecule is C=CCC(C)(CC=C)CCCCC. The molecule has 0 aromatic heterocycles. The number of rotatable bonds is 8. The molecule has 0 bridgehead atoms. The van der Waals surface area contributed by atoms with Gasteiger partial charge in [0, 0.05) is 0 Å². The molecule has 0 aliphatic carbocycles. The summed E-state index contributed by atoms with van der Waals surface area (Å²) in [4.78, 5) is 0. The Bertz CT molecular complexity index is 134.